The van der Waals surface area contributed by atoms with Gasteiger partial charge < -0.3 is 29.1 Å². The Morgan fingerprint density at radius 1 is 0.974 bits per heavy atom. The summed E-state index contributed by atoms with van der Waals surface area (Å²) in [4.78, 5) is 40.4. The van der Waals surface area contributed by atoms with Gasteiger partial charge in [-0.25, -0.2) is 14.6 Å². The van der Waals surface area contributed by atoms with Gasteiger partial charge in [-0.2, -0.15) is 0 Å². The van der Waals surface area contributed by atoms with E-state index in [0.717, 1.165) is 63.9 Å². The van der Waals surface area contributed by atoms with Crippen molar-refractivity contribution in [1.29, 1.82) is 0 Å². The van der Waals surface area contributed by atoms with E-state index in [1.807, 2.05) is 44.9 Å². The number of carbonyl (C=O) groups excluding carboxylic acids is 2. The summed E-state index contributed by atoms with van der Waals surface area (Å²) >= 11 is 0. The molecule has 3 aliphatic heterocycles. The van der Waals surface area contributed by atoms with Crippen LogP contribution in [0.4, 0.5) is 21.1 Å². The smallest absolute Gasteiger partial charge is 0.410 e. The normalized spacial score (nSPS) is 23.9. The van der Waals surface area contributed by atoms with E-state index in [1.165, 1.54) is 19.3 Å². The molecule has 4 aliphatic rings. The summed E-state index contributed by atoms with van der Waals surface area (Å²) < 4.78 is 10.7. The average Bonchev–Trinajstić information content (AvgIpc) is 3.33. The summed E-state index contributed by atoms with van der Waals surface area (Å²) in [6.45, 7) is 16.5. The number of ether oxygens (including phenoxy) is 2. The highest BCUT2D eigenvalue weighted by atomic mass is 16.6. The minimum absolute atomic E-state index is 0.160. The summed E-state index contributed by atoms with van der Waals surface area (Å²) in [7, 11) is 0. The number of hydrogen-bond donors (Lipinski definition) is 0. The van der Waals surface area contributed by atoms with E-state index in [4.69, 9.17) is 14.5 Å². The Labute approximate surface area is 226 Å². The summed E-state index contributed by atoms with van der Waals surface area (Å²) in [5, 5.41) is 0. The van der Waals surface area contributed by atoms with Gasteiger partial charge in [-0.3, -0.25) is 4.90 Å². The number of pyridine rings is 1. The lowest BCUT2D eigenvalue weighted by molar-refractivity contribution is -0.00294. The molecule has 5 rings (SSSR count). The molecule has 1 atom stereocenters. The third-order valence-electron chi connectivity index (χ3n) is 8.42. The van der Waals surface area contributed by atoms with Crippen LogP contribution in [-0.4, -0.2) is 116 Å². The molecule has 1 aromatic heterocycles. The molecule has 4 fully saturated rings. The summed E-state index contributed by atoms with van der Waals surface area (Å²) in [6.07, 6.45) is 5.09. The van der Waals surface area contributed by atoms with Crippen LogP contribution in [0, 0.1) is 5.41 Å². The van der Waals surface area contributed by atoms with Crippen molar-refractivity contribution in [3.63, 3.8) is 0 Å². The number of hydrogen-bond acceptors (Lipinski definition) is 8. The van der Waals surface area contributed by atoms with Gasteiger partial charge in [-0.05, 0) is 59.1 Å². The molecule has 10 nitrogen and oxygen atoms in total. The molecule has 0 bridgehead atoms. The first-order chi connectivity index (χ1) is 18.2. The minimum Gasteiger partial charge on any atom is -0.450 e. The van der Waals surface area contributed by atoms with Crippen molar-refractivity contribution in [3.05, 3.63) is 18.3 Å². The molecule has 3 saturated heterocycles. The van der Waals surface area contributed by atoms with Gasteiger partial charge in [0.05, 0.1) is 12.3 Å². The highest BCUT2D eigenvalue weighted by molar-refractivity contribution is 5.71. The summed E-state index contributed by atoms with van der Waals surface area (Å²) in [5.74, 6) is 1.05. The van der Waals surface area contributed by atoms with Gasteiger partial charge in [-0.1, -0.05) is 0 Å². The van der Waals surface area contributed by atoms with Gasteiger partial charge in [0, 0.05) is 83.1 Å². The third-order valence-corrected chi connectivity index (χ3v) is 8.42. The van der Waals surface area contributed by atoms with E-state index >= 15 is 0 Å². The van der Waals surface area contributed by atoms with Crippen LogP contribution in [0.25, 0.3) is 0 Å². The molecule has 1 aliphatic carbocycles. The number of piperazine rings is 2. The Balaban J connectivity index is 1.12. The van der Waals surface area contributed by atoms with Crippen molar-refractivity contribution in [1.82, 2.24) is 19.7 Å². The number of rotatable bonds is 4. The maximum atomic E-state index is 12.5. The highest BCUT2D eigenvalue weighted by Crippen LogP contribution is 2.47. The first kappa shape index (κ1) is 26.8. The van der Waals surface area contributed by atoms with Crippen LogP contribution in [-0.2, 0) is 9.47 Å². The fraction of sp³-hybridized carbons (Fsp3) is 0.750. The molecule has 1 spiro atoms. The zero-order valence-electron chi connectivity index (χ0n) is 23.5. The lowest BCUT2D eigenvalue weighted by Crippen LogP contribution is -2.58. The molecule has 38 heavy (non-hydrogen) atoms. The van der Waals surface area contributed by atoms with Crippen molar-refractivity contribution in [2.45, 2.75) is 58.6 Å². The van der Waals surface area contributed by atoms with E-state index in [-0.39, 0.29) is 12.2 Å². The summed E-state index contributed by atoms with van der Waals surface area (Å²) in [5.41, 5.74) is 0.968. The van der Waals surface area contributed by atoms with Crippen LogP contribution in [0.5, 0.6) is 0 Å². The standard InChI is InChI=1S/C28H44N6O4/c1-5-37-25(35)34-20-28(21-34)9-8-22(19-28)30-11-15-32(16-12-30)24-23(7-6-10-29-24)31-13-17-33(18-14-31)26(36)38-27(2,3)4/h6-7,10,22H,5,8-9,11-21H2,1-4H3/t22-/m1/s1. The third kappa shape index (κ3) is 5.80. The maximum Gasteiger partial charge on any atom is 0.410 e. The Bertz CT molecular complexity index is 991. The summed E-state index contributed by atoms with van der Waals surface area (Å²) in [6, 6.07) is 4.77. The lowest BCUT2D eigenvalue weighted by Gasteiger charge is -2.48. The SMILES string of the molecule is CCOC(=O)N1CC2(CC[C@@H](N3CCN(c4ncccc4N4CCN(C(=O)OC(C)(C)C)CC4)CC3)C2)C1. The number of amides is 2. The Morgan fingerprint density at radius 2 is 1.66 bits per heavy atom. The van der Waals surface area contributed by atoms with Crippen molar-refractivity contribution in [3.8, 4) is 0 Å². The van der Waals surface area contributed by atoms with Crippen LogP contribution in [0.1, 0.15) is 47.0 Å². The number of nitrogens with zero attached hydrogens (tertiary/aromatic N) is 6. The lowest BCUT2D eigenvalue weighted by atomic mass is 9.78. The van der Waals surface area contributed by atoms with Crippen LogP contribution in [0.2, 0.25) is 0 Å². The Hall–Kier alpha value is -2.75. The molecule has 210 valence electrons. The molecule has 2 amide bonds. The van der Waals surface area contributed by atoms with Gasteiger partial charge in [0.15, 0.2) is 5.82 Å². The number of aromatic nitrogens is 1. The van der Waals surface area contributed by atoms with E-state index in [0.29, 0.717) is 31.2 Å². The van der Waals surface area contributed by atoms with E-state index < -0.39 is 5.60 Å². The largest absolute Gasteiger partial charge is 0.450 e. The predicted octanol–water partition coefficient (Wildman–Crippen LogP) is 3.27. The predicted molar refractivity (Wildman–Crippen MR) is 147 cm³/mol. The van der Waals surface area contributed by atoms with Crippen LogP contribution in [0.15, 0.2) is 18.3 Å². The second-order valence-electron chi connectivity index (χ2n) is 12.3. The van der Waals surface area contributed by atoms with Gasteiger partial charge in [0.25, 0.3) is 0 Å². The van der Waals surface area contributed by atoms with Gasteiger partial charge >= 0.3 is 12.2 Å². The van der Waals surface area contributed by atoms with Crippen molar-refractivity contribution in [2.24, 2.45) is 5.41 Å². The average molecular weight is 529 g/mol. The Kier molecular flexibility index (Phi) is 7.62. The maximum absolute atomic E-state index is 12.5. The van der Waals surface area contributed by atoms with Crippen molar-refractivity contribution in [2.75, 3.05) is 81.9 Å². The topological polar surface area (TPSA) is 81.7 Å². The van der Waals surface area contributed by atoms with Gasteiger partial charge in [0.2, 0.25) is 0 Å². The van der Waals surface area contributed by atoms with Crippen LogP contribution >= 0.6 is 0 Å². The molecule has 0 N–H and O–H groups in total. The fourth-order valence-corrected chi connectivity index (χ4v) is 6.52. The number of anilines is 2. The zero-order chi connectivity index (χ0) is 26.9. The van der Waals surface area contributed by atoms with Gasteiger partial charge in [0.1, 0.15) is 5.60 Å². The van der Waals surface area contributed by atoms with Crippen LogP contribution < -0.4 is 9.80 Å². The monoisotopic (exact) mass is 528 g/mol. The minimum atomic E-state index is -0.479. The number of carbonyl (C=O) groups is 2. The molecule has 0 aromatic carbocycles. The van der Waals surface area contributed by atoms with E-state index in [1.54, 1.807) is 4.90 Å². The van der Waals surface area contributed by atoms with Crippen molar-refractivity contribution >= 4 is 23.7 Å². The fourth-order valence-electron chi connectivity index (χ4n) is 6.52. The first-order valence-corrected chi connectivity index (χ1v) is 14.2. The first-order valence-electron chi connectivity index (χ1n) is 14.2. The second-order valence-corrected chi connectivity index (χ2v) is 12.3. The molecular weight excluding hydrogens is 484 g/mol. The van der Waals surface area contributed by atoms with Crippen molar-refractivity contribution < 1.29 is 19.1 Å². The molecule has 0 radical (unpaired) electrons. The molecule has 10 heteroatoms. The van der Waals surface area contributed by atoms with E-state index in [2.05, 4.69) is 20.8 Å². The molecular formula is C28H44N6O4. The Morgan fingerprint density at radius 3 is 2.32 bits per heavy atom. The molecule has 1 saturated carbocycles. The molecule has 1 aromatic rings. The van der Waals surface area contributed by atoms with Gasteiger partial charge in [-0.15, -0.1) is 0 Å². The number of likely N-dealkylation sites (tertiary alicyclic amines) is 1. The second kappa shape index (κ2) is 10.8. The highest BCUT2D eigenvalue weighted by Gasteiger charge is 2.51. The van der Waals surface area contributed by atoms with E-state index in [9.17, 15) is 9.59 Å². The quantitative estimate of drug-likeness (QED) is 0.589. The molecule has 0 unspecified atom stereocenters. The zero-order valence-corrected chi connectivity index (χ0v) is 23.5. The van der Waals surface area contributed by atoms with Crippen LogP contribution in [0.3, 0.4) is 0 Å². The molecule has 4 heterocycles.